The van der Waals surface area contributed by atoms with Crippen LogP contribution in [-0.2, 0) is 0 Å². The summed E-state index contributed by atoms with van der Waals surface area (Å²) in [5.74, 6) is 0.101. The highest BCUT2D eigenvalue weighted by molar-refractivity contribution is 7.80. The van der Waals surface area contributed by atoms with Gasteiger partial charge in [0.15, 0.2) is 0 Å². The molecule has 0 atom stereocenters. The molecule has 0 bridgehead atoms. The van der Waals surface area contributed by atoms with Crippen molar-refractivity contribution < 1.29 is 4.79 Å². The van der Waals surface area contributed by atoms with E-state index in [1.165, 1.54) is 0 Å². The average molecular weight is 264 g/mol. The molecule has 98 valence electrons. The Morgan fingerprint density at radius 1 is 1.17 bits per heavy atom. The minimum atomic E-state index is 0.101. The monoisotopic (exact) mass is 264 g/mol. The minimum absolute atomic E-state index is 0.101. The van der Waals surface area contributed by atoms with Crippen LogP contribution >= 0.6 is 12.6 Å². The summed E-state index contributed by atoms with van der Waals surface area (Å²) in [5.41, 5.74) is 0.707. The molecule has 0 aromatic heterocycles. The van der Waals surface area contributed by atoms with Crippen LogP contribution in [0.25, 0.3) is 0 Å². The number of carbonyl (C=O) groups is 1. The van der Waals surface area contributed by atoms with E-state index in [0.29, 0.717) is 11.6 Å². The van der Waals surface area contributed by atoms with Gasteiger partial charge in [-0.1, -0.05) is 12.1 Å². The lowest BCUT2D eigenvalue weighted by Crippen LogP contribution is -2.50. The van der Waals surface area contributed by atoms with Crippen LogP contribution in [0.4, 0.5) is 0 Å². The van der Waals surface area contributed by atoms with Crippen molar-refractivity contribution in [2.45, 2.75) is 24.8 Å². The van der Waals surface area contributed by atoms with E-state index in [0.717, 1.165) is 31.1 Å². The SMILES string of the molecule is CC(C)N1CCN(C(=O)c2ccccc2S)CC1. The first-order chi connectivity index (χ1) is 8.59. The Bertz CT molecular complexity index is 426. The van der Waals surface area contributed by atoms with Crippen molar-refractivity contribution in [2.24, 2.45) is 0 Å². The predicted molar refractivity (Wildman–Crippen MR) is 76.3 cm³/mol. The van der Waals surface area contributed by atoms with E-state index in [2.05, 4.69) is 31.4 Å². The van der Waals surface area contributed by atoms with Gasteiger partial charge in [0.05, 0.1) is 5.56 Å². The first kappa shape index (κ1) is 13.4. The first-order valence-corrected chi connectivity index (χ1v) is 6.85. The fraction of sp³-hybridized carbons (Fsp3) is 0.500. The van der Waals surface area contributed by atoms with Crippen LogP contribution in [-0.4, -0.2) is 47.9 Å². The summed E-state index contributed by atoms with van der Waals surface area (Å²) in [6.45, 7) is 7.91. The maximum absolute atomic E-state index is 12.4. The van der Waals surface area contributed by atoms with Crippen LogP contribution in [0.3, 0.4) is 0 Å². The Morgan fingerprint density at radius 2 is 1.78 bits per heavy atom. The number of carbonyl (C=O) groups excluding carboxylic acids is 1. The summed E-state index contributed by atoms with van der Waals surface area (Å²) in [7, 11) is 0. The highest BCUT2D eigenvalue weighted by Crippen LogP contribution is 2.17. The quantitative estimate of drug-likeness (QED) is 0.827. The molecule has 1 fully saturated rings. The second-order valence-electron chi connectivity index (χ2n) is 4.94. The number of piperazine rings is 1. The number of benzene rings is 1. The average Bonchev–Trinajstić information content (AvgIpc) is 2.38. The smallest absolute Gasteiger partial charge is 0.255 e. The van der Waals surface area contributed by atoms with Gasteiger partial charge >= 0.3 is 0 Å². The zero-order chi connectivity index (χ0) is 13.1. The van der Waals surface area contributed by atoms with Gasteiger partial charge in [0.25, 0.3) is 5.91 Å². The maximum Gasteiger partial charge on any atom is 0.255 e. The van der Waals surface area contributed by atoms with Crippen molar-refractivity contribution in [1.82, 2.24) is 9.80 Å². The summed E-state index contributed by atoms with van der Waals surface area (Å²) in [5, 5.41) is 0. The van der Waals surface area contributed by atoms with Crippen LogP contribution in [0, 0.1) is 0 Å². The Balaban J connectivity index is 2.02. The van der Waals surface area contributed by atoms with Gasteiger partial charge in [-0.05, 0) is 26.0 Å². The molecule has 1 aliphatic heterocycles. The summed E-state index contributed by atoms with van der Waals surface area (Å²) in [6, 6.07) is 8.05. The van der Waals surface area contributed by atoms with E-state index in [4.69, 9.17) is 0 Å². The Morgan fingerprint density at radius 3 is 2.33 bits per heavy atom. The molecular weight excluding hydrogens is 244 g/mol. The topological polar surface area (TPSA) is 23.6 Å². The molecule has 0 N–H and O–H groups in total. The molecule has 1 saturated heterocycles. The van der Waals surface area contributed by atoms with Crippen molar-refractivity contribution in [3.63, 3.8) is 0 Å². The predicted octanol–water partition coefficient (Wildman–Crippen LogP) is 2.14. The summed E-state index contributed by atoms with van der Waals surface area (Å²) in [6.07, 6.45) is 0. The van der Waals surface area contributed by atoms with Crippen molar-refractivity contribution in [3.05, 3.63) is 29.8 Å². The van der Waals surface area contributed by atoms with Crippen molar-refractivity contribution >= 4 is 18.5 Å². The summed E-state index contributed by atoms with van der Waals surface area (Å²) in [4.78, 5) is 17.4. The number of amides is 1. The number of rotatable bonds is 2. The molecule has 4 heteroatoms. The lowest BCUT2D eigenvalue weighted by molar-refractivity contribution is 0.0592. The van der Waals surface area contributed by atoms with Crippen LogP contribution in [0.2, 0.25) is 0 Å². The number of hydrogen-bond donors (Lipinski definition) is 1. The van der Waals surface area contributed by atoms with Gasteiger partial charge in [0.2, 0.25) is 0 Å². The fourth-order valence-electron chi connectivity index (χ4n) is 2.27. The van der Waals surface area contributed by atoms with Crippen LogP contribution < -0.4 is 0 Å². The van der Waals surface area contributed by atoms with E-state index in [-0.39, 0.29) is 5.91 Å². The van der Waals surface area contributed by atoms with Gasteiger partial charge in [-0.2, -0.15) is 0 Å². The summed E-state index contributed by atoms with van der Waals surface area (Å²) < 4.78 is 0. The third-order valence-electron chi connectivity index (χ3n) is 3.47. The molecule has 0 aliphatic carbocycles. The van der Waals surface area contributed by atoms with E-state index in [9.17, 15) is 4.79 Å². The summed E-state index contributed by atoms with van der Waals surface area (Å²) >= 11 is 4.35. The standard InChI is InChI=1S/C14H20N2OS/c1-11(2)15-7-9-16(10-8-15)14(17)12-5-3-4-6-13(12)18/h3-6,11,18H,7-10H2,1-2H3. The maximum atomic E-state index is 12.4. The van der Waals surface area contributed by atoms with E-state index < -0.39 is 0 Å². The van der Waals surface area contributed by atoms with E-state index in [1.807, 2.05) is 29.2 Å². The zero-order valence-corrected chi connectivity index (χ0v) is 11.9. The van der Waals surface area contributed by atoms with Crippen LogP contribution in [0.1, 0.15) is 24.2 Å². The largest absolute Gasteiger partial charge is 0.336 e. The van der Waals surface area contributed by atoms with Gasteiger partial charge in [-0.25, -0.2) is 0 Å². The number of thiol groups is 1. The third-order valence-corrected chi connectivity index (χ3v) is 3.86. The Labute approximate surface area is 114 Å². The second kappa shape index (κ2) is 5.76. The molecule has 0 radical (unpaired) electrons. The molecule has 1 aromatic carbocycles. The molecule has 1 heterocycles. The molecule has 3 nitrogen and oxygen atoms in total. The van der Waals surface area contributed by atoms with Gasteiger partial charge in [0.1, 0.15) is 0 Å². The van der Waals surface area contributed by atoms with Gasteiger partial charge in [0, 0.05) is 37.1 Å². The molecule has 18 heavy (non-hydrogen) atoms. The van der Waals surface area contributed by atoms with E-state index in [1.54, 1.807) is 0 Å². The second-order valence-corrected chi connectivity index (χ2v) is 5.42. The first-order valence-electron chi connectivity index (χ1n) is 6.41. The molecule has 0 spiro atoms. The van der Waals surface area contributed by atoms with Gasteiger partial charge in [-0.3, -0.25) is 9.69 Å². The normalized spacial score (nSPS) is 17.2. The fourth-order valence-corrected chi connectivity index (χ4v) is 2.52. The molecule has 0 saturated carbocycles. The molecule has 1 aliphatic rings. The highest BCUT2D eigenvalue weighted by atomic mass is 32.1. The third kappa shape index (κ3) is 2.87. The number of hydrogen-bond acceptors (Lipinski definition) is 3. The molecule has 1 aromatic rings. The lowest BCUT2D eigenvalue weighted by Gasteiger charge is -2.37. The molecule has 2 rings (SSSR count). The Kier molecular flexibility index (Phi) is 4.30. The van der Waals surface area contributed by atoms with Gasteiger partial charge in [-0.15, -0.1) is 12.6 Å². The van der Waals surface area contributed by atoms with Crippen molar-refractivity contribution in [3.8, 4) is 0 Å². The van der Waals surface area contributed by atoms with E-state index >= 15 is 0 Å². The number of nitrogens with zero attached hydrogens (tertiary/aromatic N) is 2. The molecule has 0 unspecified atom stereocenters. The van der Waals surface area contributed by atoms with Crippen molar-refractivity contribution in [1.29, 1.82) is 0 Å². The zero-order valence-electron chi connectivity index (χ0n) is 11.0. The van der Waals surface area contributed by atoms with Gasteiger partial charge < -0.3 is 4.90 Å². The lowest BCUT2D eigenvalue weighted by atomic mass is 10.1. The minimum Gasteiger partial charge on any atom is -0.336 e. The van der Waals surface area contributed by atoms with Crippen LogP contribution in [0.5, 0.6) is 0 Å². The van der Waals surface area contributed by atoms with Crippen molar-refractivity contribution in [2.75, 3.05) is 26.2 Å². The highest BCUT2D eigenvalue weighted by Gasteiger charge is 2.23. The Hall–Kier alpha value is -1.00. The molecular formula is C14H20N2OS. The molecule has 1 amide bonds. The van der Waals surface area contributed by atoms with Crippen LogP contribution in [0.15, 0.2) is 29.2 Å².